The Morgan fingerprint density at radius 2 is 2.00 bits per heavy atom. The van der Waals surface area contributed by atoms with Crippen molar-refractivity contribution in [3.05, 3.63) is 48.3 Å². The number of nitrogens with one attached hydrogen (secondary N) is 2. The molecule has 23 heavy (non-hydrogen) atoms. The van der Waals surface area contributed by atoms with Crippen molar-refractivity contribution in [1.29, 1.82) is 0 Å². The number of ether oxygens (including phenoxy) is 2. The number of anilines is 1. The fourth-order valence-electron chi connectivity index (χ4n) is 2.10. The van der Waals surface area contributed by atoms with Gasteiger partial charge in [-0.1, -0.05) is 6.07 Å². The van der Waals surface area contributed by atoms with Crippen LogP contribution in [0.5, 0.6) is 11.5 Å². The minimum Gasteiger partial charge on any atom is -0.493 e. The standard InChI is InChI=1S/C17H22N4O2/c1-18-17(20-10-8-13-5-4-9-19-12-13)21-14-6-7-15(22-2)16(11-14)23-3/h4-7,9,11-12H,8,10H2,1-3H3,(H2,18,20,21). The molecule has 0 bridgehead atoms. The number of pyridine rings is 1. The summed E-state index contributed by atoms with van der Waals surface area (Å²) in [4.78, 5) is 8.33. The number of nitrogens with zero attached hydrogens (tertiary/aromatic N) is 2. The first-order valence-corrected chi connectivity index (χ1v) is 7.35. The highest BCUT2D eigenvalue weighted by Gasteiger charge is 2.06. The molecule has 0 aliphatic rings. The fraction of sp³-hybridized carbons (Fsp3) is 0.294. The summed E-state index contributed by atoms with van der Waals surface area (Å²) in [5.41, 5.74) is 2.05. The van der Waals surface area contributed by atoms with Crippen molar-refractivity contribution in [2.75, 3.05) is 33.1 Å². The molecule has 0 radical (unpaired) electrons. The van der Waals surface area contributed by atoms with Gasteiger partial charge >= 0.3 is 0 Å². The first-order valence-electron chi connectivity index (χ1n) is 7.35. The van der Waals surface area contributed by atoms with Crippen molar-refractivity contribution in [2.45, 2.75) is 6.42 Å². The van der Waals surface area contributed by atoms with Gasteiger partial charge in [0.2, 0.25) is 0 Å². The zero-order valence-electron chi connectivity index (χ0n) is 13.7. The van der Waals surface area contributed by atoms with Gasteiger partial charge < -0.3 is 20.1 Å². The summed E-state index contributed by atoms with van der Waals surface area (Å²) in [5.74, 6) is 2.06. The molecule has 0 unspecified atom stereocenters. The molecule has 1 aromatic heterocycles. The Balaban J connectivity index is 1.92. The van der Waals surface area contributed by atoms with Gasteiger partial charge in [0.25, 0.3) is 0 Å². The molecule has 0 amide bonds. The number of hydrogen-bond acceptors (Lipinski definition) is 4. The number of aliphatic imine (C=N–C) groups is 1. The van der Waals surface area contributed by atoms with Crippen molar-refractivity contribution in [2.24, 2.45) is 4.99 Å². The average Bonchev–Trinajstić information content (AvgIpc) is 2.61. The van der Waals surface area contributed by atoms with Crippen molar-refractivity contribution >= 4 is 11.6 Å². The van der Waals surface area contributed by atoms with E-state index in [1.807, 2.05) is 30.5 Å². The molecule has 0 saturated carbocycles. The Morgan fingerprint density at radius 1 is 1.17 bits per heavy atom. The van der Waals surface area contributed by atoms with Gasteiger partial charge in [0, 0.05) is 37.7 Å². The Kier molecular flexibility index (Phi) is 6.23. The molecule has 0 atom stereocenters. The van der Waals surface area contributed by atoms with Crippen LogP contribution in [-0.2, 0) is 6.42 Å². The van der Waals surface area contributed by atoms with Gasteiger partial charge in [0.15, 0.2) is 17.5 Å². The van der Waals surface area contributed by atoms with Gasteiger partial charge in [0.1, 0.15) is 0 Å². The van der Waals surface area contributed by atoms with Crippen LogP contribution in [0, 0.1) is 0 Å². The third kappa shape index (κ3) is 4.88. The van der Waals surface area contributed by atoms with Gasteiger partial charge in [0.05, 0.1) is 14.2 Å². The number of guanidine groups is 1. The number of methoxy groups -OCH3 is 2. The van der Waals surface area contributed by atoms with E-state index in [2.05, 4.69) is 26.7 Å². The SMILES string of the molecule is CN=C(NCCc1cccnc1)Nc1ccc(OC)c(OC)c1. The summed E-state index contributed by atoms with van der Waals surface area (Å²) in [7, 11) is 4.96. The lowest BCUT2D eigenvalue weighted by molar-refractivity contribution is 0.355. The summed E-state index contributed by atoms with van der Waals surface area (Å²) < 4.78 is 10.5. The van der Waals surface area contributed by atoms with Crippen LogP contribution >= 0.6 is 0 Å². The molecule has 122 valence electrons. The van der Waals surface area contributed by atoms with Crippen LogP contribution in [0.25, 0.3) is 0 Å². The van der Waals surface area contributed by atoms with Gasteiger partial charge in [-0.15, -0.1) is 0 Å². The largest absolute Gasteiger partial charge is 0.493 e. The van der Waals surface area contributed by atoms with Crippen LogP contribution in [0.3, 0.4) is 0 Å². The summed E-state index contributed by atoms with van der Waals surface area (Å²) in [5, 5.41) is 6.50. The van der Waals surface area contributed by atoms with Crippen LogP contribution in [0.15, 0.2) is 47.7 Å². The minimum atomic E-state index is 0.670. The number of aromatic nitrogens is 1. The molecule has 6 heteroatoms. The summed E-state index contributed by atoms with van der Waals surface area (Å²) >= 11 is 0. The Morgan fingerprint density at radius 3 is 2.65 bits per heavy atom. The second kappa shape index (κ2) is 8.63. The second-order valence-corrected chi connectivity index (χ2v) is 4.81. The van der Waals surface area contributed by atoms with Crippen LogP contribution < -0.4 is 20.1 Å². The number of rotatable bonds is 6. The highest BCUT2D eigenvalue weighted by Crippen LogP contribution is 2.29. The Hall–Kier alpha value is -2.76. The third-order valence-electron chi connectivity index (χ3n) is 3.30. The van der Waals surface area contributed by atoms with Crippen LogP contribution in [0.2, 0.25) is 0 Å². The first kappa shape index (κ1) is 16.6. The molecule has 2 N–H and O–H groups in total. The molecular formula is C17H22N4O2. The zero-order chi connectivity index (χ0) is 16.5. The quantitative estimate of drug-likeness (QED) is 0.633. The van der Waals surface area contributed by atoms with Crippen LogP contribution in [-0.4, -0.2) is 38.8 Å². The molecule has 0 fully saturated rings. The molecule has 0 aliphatic heterocycles. The van der Waals surface area contributed by atoms with E-state index in [1.54, 1.807) is 27.5 Å². The molecule has 6 nitrogen and oxygen atoms in total. The lowest BCUT2D eigenvalue weighted by Crippen LogP contribution is -2.32. The average molecular weight is 314 g/mol. The molecule has 0 aliphatic carbocycles. The fourth-order valence-corrected chi connectivity index (χ4v) is 2.10. The number of benzene rings is 1. The Bertz CT molecular complexity index is 644. The summed E-state index contributed by atoms with van der Waals surface area (Å²) in [6, 6.07) is 9.62. The van der Waals surface area contributed by atoms with E-state index in [-0.39, 0.29) is 0 Å². The number of hydrogen-bond donors (Lipinski definition) is 2. The van der Waals surface area contributed by atoms with Crippen molar-refractivity contribution < 1.29 is 9.47 Å². The maximum Gasteiger partial charge on any atom is 0.195 e. The van der Waals surface area contributed by atoms with Gasteiger partial charge in [-0.25, -0.2) is 0 Å². The summed E-state index contributed by atoms with van der Waals surface area (Å²) in [6.07, 6.45) is 4.52. The maximum absolute atomic E-state index is 5.30. The lowest BCUT2D eigenvalue weighted by Gasteiger charge is -2.14. The van der Waals surface area contributed by atoms with E-state index < -0.39 is 0 Å². The van der Waals surface area contributed by atoms with E-state index in [4.69, 9.17) is 9.47 Å². The van der Waals surface area contributed by atoms with E-state index >= 15 is 0 Å². The Labute approximate surface area is 136 Å². The highest BCUT2D eigenvalue weighted by molar-refractivity contribution is 5.93. The summed E-state index contributed by atoms with van der Waals surface area (Å²) in [6.45, 7) is 0.763. The van der Waals surface area contributed by atoms with Crippen molar-refractivity contribution in [1.82, 2.24) is 10.3 Å². The predicted molar refractivity (Wildman–Crippen MR) is 92.5 cm³/mol. The van der Waals surface area contributed by atoms with E-state index in [9.17, 15) is 0 Å². The normalized spacial score (nSPS) is 11.0. The first-order chi connectivity index (χ1) is 11.3. The van der Waals surface area contributed by atoms with Crippen LogP contribution in [0.1, 0.15) is 5.56 Å². The molecule has 2 rings (SSSR count). The van der Waals surface area contributed by atoms with Gasteiger partial charge in [-0.2, -0.15) is 0 Å². The highest BCUT2D eigenvalue weighted by atomic mass is 16.5. The van der Waals surface area contributed by atoms with E-state index in [0.717, 1.165) is 18.7 Å². The molecule has 1 aromatic carbocycles. The topological polar surface area (TPSA) is 67.8 Å². The monoisotopic (exact) mass is 314 g/mol. The van der Waals surface area contributed by atoms with Gasteiger partial charge in [-0.05, 0) is 30.2 Å². The van der Waals surface area contributed by atoms with Crippen molar-refractivity contribution in [3.8, 4) is 11.5 Å². The maximum atomic E-state index is 5.30. The third-order valence-corrected chi connectivity index (χ3v) is 3.30. The van der Waals surface area contributed by atoms with Crippen LogP contribution in [0.4, 0.5) is 5.69 Å². The molecule has 1 heterocycles. The smallest absolute Gasteiger partial charge is 0.195 e. The lowest BCUT2D eigenvalue weighted by atomic mass is 10.2. The minimum absolute atomic E-state index is 0.670. The van der Waals surface area contributed by atoms with Gasteiger partial charge in [-0.3, -0.25) is 9.98 Å². The second-order valence-electron chi connectivity index (χ2n) is 4.81. The van der Waals surface area contributed by atoms with Crippen molar-refractivity contribution in [3.63, 3.8) is 0 Å². The van der Waals surface area contributed by atoms with E-state index in [0.29, 0.717) is 17.5 Å². The molecule has 0 spiro atoms. The molecule has 0 saturated heterocycles. The molecular weight excluding hydrogens is 292 g/mol. The zero-order valence-corrected chi connectivity index (χ0v) is 13.7. The predicted octanol–water partition coefficient (Wildman–Crippen LogP) is 2.33. The van der Waals surface area contributed by atoms with E-state index in [1.165, 1.54) is 5.56 Å². The molecule has 2 aromatic rings.